The molecule has 0 N–H and O–H groups in total. The molecular weight excluding hydrogens is 454 g/mol. The summed E-state index contributed by atoms with van der Waals surface area (Å²) in [4.78, 5) is 10.7. The first-order valence-corrected chi connectivity index (χ1v) is 11.5. The number of hydrogen-bond acceptors (Lipinski definition) is 1. The molecule has 0 fully saturated rings. The van der Waals surface area contributed by atoms with Crippen molar-refractivity contribution in [1.29, 1.82) is 5.26 Å². The largest absolute Gasteiger partial charge is 0.309 e. The number of aromatic nitrogens is 1. The zero-order valence-corrected chi connectivity index (χ0v) is 19.2. The quantitative estimate of drug-likeness (QED) is 0.124. The van der Waals surface area contributed by atoms with Gasteiger partial charge in [0.2, 0.25) is 11.4 Å². The highest BCUT2D eigenvalue weighted by molar-refractivity contribution is 6.27. The van der Waals surface area contributed by atoms with E-state index in [9.17, 15) is 5.26 Å². The summed E-state index contributed by atoms with van der Waals surface area (Å²) in [6, 6.07) is 28.8. The maximum absolute atomic E-state index is 10.1. The molecule has 2 aromatic heterocycles. The Morgan fingerprint density at radius 3 is 2.03 bits per heavy atom. The van der Waals surface area contributed by atoms with Gasteiger partial charge in [-0.15, -0.1) is 0 Å². The van der Waals surface area contributed by atoms with Crippen LogP contribution in [0.25, 0.3) is 74.2 Å². The standard InChI is InChI=1S/C32H13N5/c1-34-30-23-15-24-28(16-22(23)25(17-33)31(35-2)32(30)36-3)37-26-11-7-5-9-19(26)14-27(37)21-13-12-18-8-4-6-10-20(18)29(21)24/h4-16H. The van der Waals surface area contributed by atoms with Crippen molar-refractivity contribution in [2.24, 2.45) is 0 Å². The third kappa shape index (κ3) is 2.53. The highest BCUT2D eigenvalue weighted by Crippen LogP contribution is 2.49. The van der Waals surface area contributed by atoms with Gasteiger partial charge in [-0.2, -0.15) is 5.26 Å². The zero-order valence-electron chi connectivity index (χ0n) is 19.2. The van der Waals surface area contributed by atoms with Gasteiger partial charge in [0.05, 0.1) is 47.9 Å². The van der Waals surface area contributed by atoms with Crippen LogP contribution in [0.15, 0.2) is 78.9 Å². The first-order valence-electron chi connectivity index (χ1n) is 11.5. The van der Waals surface area contributed by atoms with E-state index < -0.39 is 0 Å². The number of benzene rings is 5. The van der Waals surface area contributed by atoms with Crippen LogP contribution in [0.3, 0.4) is 0 Å². The summed E-state index contributed by atoms with van der Waals surface area (Å²) in [5.41, 5.74) is 3.08. The van der Waals surface area contributed by atoms with Crippen molar-refractivity contribution < 1.29 is 0 Å². The van der Waals surface area contributed by atoms with Crippen LogP contribution < -0.4 is 0 Å². The number of fused-ring (bicyclic) bond motifs is 11. The number of nitrogens with zero attached hydrogens (tertiary/aromatic N) is 5. The molecule has 2 heterocycles. The molecule has 5 heteroatoms. The van der Waals surface area contributed by atoms with Crippen molar-refractivity contribution in [1.82, 2.24) is 4.40 Å². The fraction of sp³-hybridized carbons (Fsp3) is 0. The molecule has 166 valence electrons. The summed E-state index contributed by atoms with van der Waals surface area (Å²) in [7, 11) is 0. The fourth-order valence-corrected chi connectivity index (χ4v) is 5.69. The number of nitriles is 1. The van der Waals surface area contributed by atoms with Crippen molar-refractivity contribution in [2.75, 3.05) is 0 Å². The van der Waals surface area contributed by atoms with Crippen molar-refractivity contribution in [3.05, 3.63) is 119 Å². The minimum Gasteiger partial charge on any atom is -0.309 e. The molecule has 0 atom stereocenters. The lowest BCUT2D eigenvalue weighted by Gasteiger charge is -2.16. The topological polar surface area (TPSA) is 41.3 Å². The van der Waals surface area contributed by atoms with Crippen LogP contribution in [-0.2, 0) is 0 Å². The van der Waals surface area contributed by atoms with E-state index in [2.05, 4.69) is 67.5 Å². The van der Waals surface area contributed by atoms with Crippen LogP contribution in [0.1, 0.15) is 5.56 Å². The van der Waals surface area contributed by atoms with Crippen molar-refractivity contribution >= 4 is 76.7 Å². The Balaban J connectivity index is 1.89. The molecule has 0 saturated heterocycles. The molecule has 0 aliphatic rings. The Kier molecular flexibility index (Phi) is 4.05. The monoisotopic (exact) mass is 467 g/mol. The zero-order chi connectivity index (χ0) is 25.3. The van der Waals surface area contributed by atoms with Gasteiger partial charge in [0, 0.05) is 21.5 Å². The lowest BCUT2D eigenvalue weighted by Crippen LogP contribution is -1.93. The van der Waals surface area contributed by atoms with E-state index in [-0.39, 0.29) is 22.6 Å². The fourth-order valence-electron chi connectivity index (χ4n) is 5.69. The molecule has 0 bridgehead atoms. The maximum atomic E-state index is 10.1. The van der Waals surface area contributed by atoms with E-state index in [1.54, 1.807) is 0 Å². The lowest BCUT2D eigenvalue weighted by atomic mass is 9.93. The number of hydrogen-bond donors (Lipinski definition) is 0. The summed E-state index contributed by atoms with van der Waals surface area (Å²) in [6.45, 7) is 23.2. The molecule has 0 radical (unpaired) electrons. The summed E-state index contributed by atoms with van der Waals surface area (Å²) >= 11 is 0. The van der Waals surface area contributed by atoms with Crippen LogP contribution in [-0.4, -0.2) is 4.40 Å². The SMILES string of the molecule is [C-]#[N+]c1c([N+]#[C-])c([N+]#[C-])c2cc3c4c5ccccc5ccc4c4cc5ccccc5n4c3cc2c1C#N. The van der Waals surface area contributed by atoms with E-state index in [1.165, 1.54) is 0 Å². The summed E-state index contributed by atoms with van der Waals surface area (Å²) in [5.74, 6) is 0. The van der Waals surface area contributed by atoms with E-state index in [1.807, 2.05) is 36.4 Å². The van der Waals surface area contributed by atoms with Crippen molar-refractivity contribution in [2.45, 2.75) is 0 Å². The van der Waals surface area contributed by atoms with Gasteiger partial charge in [-0.3, -0.25) is 14.5 Å². The molecule has 0 amide bonds. The predicted octanol–water partition coefficient (Wildman–Crippen LogP) is 9.23. The third-order valence-electron chi connectivity index (χ3n) is 7.22. The Bertz CT molecular complexity index is 2350. The summed E-state index contributed by atoms with van der Waals surface area (Å²) < 4.78 is 2.19. The minimum atomic E-state index is -0.0601. The molecule has 0 aliphatic heterocycles. The molecule has 7 rings (SSSR count). The molecule has 0 aliphatic carbocycles. The van der Waals surface area contributed by atoms with E-state index in [4.69, 9.17) is 19.7 Å². The van der Waals surface area contributed by atoms with E-state index >= 15 is 0 Å². The van der Waals surface area contributed by atoms with Crippen LogP contribution in [0.4, 0.5) is 17.1 Å². The highest BCUT2D eigenvalue weighted by atomic mass is 14.9. The molecule has 0 unspecified atom stereocenters. The van der Waals surface area contributed by atoms with Gasteiger partial charge in [-0.1, -0.05) is 60.7 Å². The van der Waals surface area contributed by atoms with Gasteiger partial charge in [-0.25, -0.2) is 0 Å². The normalized spacial score (nSPS) is 11.1. The Morgan fingerprint density at radius 2 is 1.27 bits per heavy atom. The van der Waals surface area contributed by atoms with Gasteiger partial charge < -0.3 is 4.40 Å². The molecule has 37 heavy (non-hydrogen) atoms. The Labute approximate surface area is 211 Å². The van der Waals surface area contributed by atoms with E-state index in [0.717, 1.165) is 48.9 Å². The van der Waals surface area contributed by atoms with E-state index in [0.29, 0.717) is 10.8 Å². The minimum absolute atomic E-state index is 0.0600. The third-order valence-corrected chi connectivity index (χ3v) is 7.22. The molecular formula is C32H13N5. The van der Waals surface area contributed by atoms with Gasteiger partial charge in [0.15, 0.2) is 5.69 Å². The Hall–Kier alpha value is -5.88. The smallest absolute Gasteiger partial charge is 0.202 e. The highest BCUT2D eigenvalue weighted by Gasteiger charge is 2.23. The number of pyridine rings is 1. The van der Waals surface area contributed by atoms with Crippen LogP contribution in [0, 0.1) is 31.0 Å². The van der Waals surface area contributed by atoms with Gasteiger partial charge in [-0.05, 0) is 39.7 Å². The second kappa shape index (κ2) is 7.31. The first kappa shape index (κ1) is 20.5. The molecule has 0 spiro atoms. The van der Waals surface area contributed by atoms with Crippen LogP contribution in [0.2, 0.25) is 0 Å². The van der Waals surface area contributed by atoms with Crippen LogP contribution >= 0.6 is 0 Å². The van der Waals surface area contributed by atoms with Crippen molar-refractivity contribution in [3.63, 3.8) is 0 Å². The van der Waals surface area contributed by atoms with Gasteiger partial charge in [0.1, 0.15) is 0 Å². The molecule has 0 saturated carbocycles. The summed E-state index contributed by atoms with van der Waals surface area (Å²) in [5, 5.41) is 17.5. The van der Waals surface area contributed by atoms with Gasteiger partial charge >= 0.3 is 0 Å². The van der Waals surface area contributed by atoms with Gasteiger partial charge in [0.25, 0.3) is 0 Å². The first-order chi connectivity index (χ1) is 18.2. The second-order valence-electron chi connectivity index (χ2n) is 8.92. The average Bonchev–Trinajstić information content (AvgIpc) is 3.34. The van der Waals surface area contributed by atoms with Crippen molar-refractivity contribution in [3.8, 4) is 6.07 Å². The summed E-state index contributed by atoms with van der Waals surface area (Å²) in [6.07, 6.45) is 0. The number of para-hydroxylation sites is 1. The molecule has 7 aromatic rings. The molecule has 5 nitrogen and oxygen atoms in total. The second-order valence-corrected chi connectivity index (χ2v) is 8.92. The molecule has 5 aromatic carbocycles. The Morgan fingerprint density at radius 1 is 0.568 bits per heavy atom. The number of rotatable bonds is 0. The maximum Gasteiger partial charge on any atom is 0.202 e. The van der Waals surface area contributed by atoms with Crippen LogP contribution in [0.5, 0.6) is 0 Å². The predicted molar refractivity (Wildman–Crippen MR) is 148 cm³/mol. The average molecular weight is 467 g/mol. The lowest BCUT2D eigenvalue weighted by molar-refractivity contribution is 1.35.